The summed E-state index contributed by atoms with van der Waals surface area (Å²) in [4.78, 5) is 8.57. The minimum absolute atomic E-state index is 0. The molecule has 0 fully saturated rings. The van der Waals surface area contributed by atoms with Crippen molar-refractivity contribution in [2.45, 2.75) is 120 Å². The van der Waals surface area contributed by atoms with Gasteiger partial charge in [0.2, 0.25) is 0 Å². The van der Waals surface area contributed by atoms with E-state index in [0.717, 1.165) is 23.3 Å². The van der Waals surface area contributed by atoms with Crippen LogP contribution in [0.4, 0.5) is 0 Å². The van der Waals surface area contributed by atoms with Crippen LogP contribution in [0.2, 0.25) is 0 Å². The van der Waals surface area contributed by atoms with E-state index in [1.807, 2.05) is 12.4 Å². The number of oxazole rings is 2. The maximum absolute atomic E-state index is 5.70. The van der Waals surface area contributed by atoms with E-state index in [2.05, 4.69) is 93.1 Å². The molecule has 0 saturated heterocycles. The Morgan fingerprint density at radius 1 is 0.500 bits per heavy atom. The van der Waals surface area contributed by atoms with Crippen molar-refractivity contribution in [2.24, 2.45) is 0 Å². The van der Waals surface area contributed by atoms with Crippen LogP contribution < -0.4 is 0 Å². The Balaban J connectivity index is 0. The molecule has 2 rings (SSSR count). The molecule has 164 valence electrons. The quantitative estimate of drug-likeness (QED) is 0.457. The van der Waals surface area contributed by atoms with Crippen LogP contribution in [0.25, 0.3) is 0 Å². The van der Waals surface area contributed by atoms with Gasteiger partial charge in [0.25, 0.3) is 0 Å². The maximum atomic E-state index is 5.70. The fourth-order valence-corrected chi connectivity index (χ4v) is 1.94. The first-order valence-corrected chi connectivity index (χ1v) is 9.36. The van der Waals surface area contributed by atoms with Crippen molar-refractivity contribution in [2.75, 3.05) is 0 Å². The molecular formula is C24H46N2O2. The summed E-state index contributed by atoms with van der Waals surface area (Å²) in [6.45, 7) is 25.4. The van der Waals surface area contributed by atoms with E-state index in [1.165, 1.54) is 0 Å². The van der Waals surface area contributed by atoms with Gasteiger partial charge in [-0.05, 0) is 0 Å². The lowest BCUT2D eigenvalue weighted by Gasteiger charge is -2.16. The van der Waals surface area contributed by atoms with Crippen LogP contribution in [0.1, 0.15) is 121 Å². The fraction of sp³-hybridized carbons (Fsp3) is 0.750. The number of hydrogen-bond acceptors (Lipinski definition) is 4. The molecule has 0 aliphatic heterocycles. The molecular weight excluding hydrogens is 348 g/mol. The molecule has 2 aromatic rings. The number of nitrogens with zero attached hydrogens (tertiary/aromatic N) is 2. The van der Waals surface area contributed by atoms with E-state index in [1.54, 1.807) is 0 Å². The molecule has 0 saturated carbocycles. The van der Waals surface area contributed by atoms with E-state index < -0.39 is 0 Å². The Morgan fingerprint density at radius 3 is 0.857 bits per heavy atom. The van der Waals surface area contributed by atoms with Crippen molar-refractivity contribution in [3.05, 3.63) is 35.7 Å². The Morgan fingerprint density at radius 2 is 0.750 bits per heavy atom. The second-order valence-electron chi connectivity index (χ2n) is 11.1. The fourth-order valence-electron chi connectivity index (χ4n) is 1.94. The number of hydrogen-bond donors (Lipinski definition) is 0. The topological polar surface area (TPSA) is 52.1 Å². The summed E-state index contributed by atoms with van der Waals surface area (Å²) in [5.41, 5.74) is 0.111. The first-order valence-electron chi connectivity index (χ1n) is 9.36. The molecule has 0 unspecified atom stereocenters. The summed E-state index contributed by atoms with van der Waals surface area (Å²) < 4.78 is 11.4. The van der Waals surface area contributed by atoms with Gasteiger partial charge in [0.15, 0.2) is 11.8 Å². The molecule has 0 aliphatic carbocycles. The second kappa shape index (κ2) is 9.28. The lowest BCUT2D eigenvalue weighted by atomic mass is 9.94. The highest BCUT2D eigenvalue weighted by molar-refractivity contribution is 5.10. The van der Waals surface area contributed by atoms with Crippen molar-refractivity contribution in [3.8, 4) is 0 Å². The molecule has 4 nitrogen and oxygen atoms in total. The van der Waals surface area contributed by atoms with Crippen LogP contribution >= 0.6 is 0 Å². The van der Waals surface area contributed by atoms with Crippen LogP contribution in [0, 0.1) is 0 Å². The Hall–Kier alpha value is -1.58. The van der Waals surface area contributed by atoms with Gasteiger partial charge in [0.05, 0.1) is 12.4 Å². The third-order valence-electron chi connectivity index (χ3n) is 3.77. The van der Waals surface area contributed by atoms with Crippen molar-refractivity contribution in [1.82, 2.24) is 9.97 Å². The van der Waals surface area contributed by atoms with E-state index in [9.17, 15) is 0 Å². The minimum Gasteiger partial charge on any atom is -0.445 e. The summed E-state index contributed by atoms with van der Waals surface area (Å²) >= 11 is 0. The average molecular weight is 395 g/mol. The molecule has 0 N–H and O–H groups in total. The summed E-state index contributed by atoms with van der Waals surface area (Å²) in [5.74, 6) is 3.55. The van der Waals surface area contributed by atoms with Gasteiger partial charge in [0.1, 0.15) is 11.5 Å². The summed E-state index contributed by atoms with van der Waals surface area (Å²) in [7, 11) is 0. The Kier molecular flexibility index (Phi) is 9.49. The van der Waals surface area contributed by atoms with Gasteiger partial charge in [-0.3, -0.25) is 0 Å². The van der Waals surface area contributed by atoms with Crippen molar-refractivity contribution in [3.63, 3.8) is 0 Å². The zero-order valence-corrected chi connectivity index (χ0v) is 18.9. The Bertz CT molecular complexity index is 577. The monoisotopic (exact) mass is 394 g/mol. The third-order valence-corrected chi connectivity index (χ3v) is 3.77. The lowest BCUT2D eigenvalue weighted by molar-refractivity contribution is 0.335. The zero-order valence-electron chi connectivity index (χ0n) is 18.9. The first kappa shape index (κ1) is 28.6. The summed E-state index contributed by atoms with van der Waals surface area (Å²) in [6.07, 6.45) is 3.67. The second-order valence-corrected chi connectivity index (χ2v) is 11.1. The van der Waals surface area contributed by atoms with E-state index >= 15 is 0 Å². The minimum atomic E-state index is 0. The van der Waals surface area contributed by atoms with Crippen LogP contribution in [-0.4, -0.2) is 9.97 Å². The molecule has 0 radical (unpaired) electrons. The molecule has 0 bridgehead atoms. The van der Waals surface area contributed by atoms with Gasteiger partial charge < -0.3 is 8.83 Å². The summed E-state index contributed by atoms with van der Waals surface area (Å²) in [5, 5.41) is 0. The highest BCUT2D eigenvalue weighted by Gasteiger charge is 2.25. The predicted molar refractivity (Wildman–Crippen MR) is 121 cm³/mol. The predicted octanol–water partition coefficient (Wildman–Crippen LogP) is 7.81. The average Bonchev–Trinajstić information content (AvgIpc) is 3.06. The van der Waals surface area contributed by atoms with Gasteiger partial charge in [0, 0.05) is 21.7 Å². The first-order chi connectivity index (χ1) is 11.4. The van der Waals surface area contributed by atoms with E-state index in [-0.39, 0.29) is 36.5 Å². The molecule has 0 aliphatic rings. The largest absolute Gasteiger partial charge is 0.445 e. The molecule has 2 aromatic heterocycles. The maximum Gasteiger partial charge on any atom is 0.199 e. The Labute approximate surface area is 174 Å². The van der Waals surface area contributed by atoms with Crippen LogP contribution in [0.3, 0.4) is 0 Å². The van der Waals surface area contributed by atoms with Crippen molar-refractivity contribution >= 4 is 0 Å². The van der Waals surface area contributed by atoms with Gasteiger partial charge in [-0.1, -0.05) is 97.9 Å². The molecule has 2 heterocycles. The standard InChI is InChI=1S/2C11H19NO.2CH4/c2*1-10(2,3)8-7-12-9(13-8)11(4,5)6;;/h2*7H,1-6H3;2*1H4. The highest BCUT2D eigenvalue weighted by atomic mass is 16.4. The lowest BCUT2D eigenvalue weighted by Crippen LogP contribution is -2.12. The zero-order chi connectivity index (χ0) is 20.6. The van der Waals surface area contributed by atoms with Gasteiger partial charge in [-0.25, -0.2) is 9.97 Å². The van der Waals surface area contributed by atoms with Gasteiger partial charge in [-0.2, -0.15) is 0 Å². The molecule has 0 atom stereocenters. The highest BCUT2D eigenvalue weighted by Crippen LogP contribution is 2.29. The van der Waals surface area contributed by atoms with Crippen LogP contribution in [0.15, 0.2) is 21.2 Å². The molecule has 0 spiro atoms. The van der Waals surface area contributed by atoms with E-state index in [4.69, 9.17) is 8.83 Å². The smallest absolute Gasteiger partial charge is 0.199 e. The summed E-state index contributed by atoms with van der Waals surface area (Å²) in [6, 6.07) is 0. The molecule has 0 amide bonds. The van der Waals surface area contributed by atoms with Gasteiger partial charge >= 0.3 is 0 Å². The van der Waals surface area contributed by atoms with Crippen molar-refractivity contribution < 1.29 is 8.83 Å². The SMILES string of the molecule is C.C.CC(C)(C)c1cnc(C(C)(C)C)o1.CC(C)(C)c1cnc(C(C)(C)C)o1. The third kappa shape index (κ3) is 8.20. The van der Waals surface area contributed by atoms with Crippen molar-refractivity contribution in [1.29, 1.82) is 0 Å². The normalized spacial score (nSPS) is 12.4. The molecule has 28 heavy (non-hydrogen) atoms. The van der Waals surface area contributed by atoms with E-state index in [0.29, 0.717) is 0 Å². The molecule has 4 heteroatoms. The molecule has 0 aromatic carbocycles. The van der Waals surface area contributed by atoms with Gasteiger partial charge in [-0.15, -0.1) is 0 Å². The number of rotatable bonds is 0. The van der Waals surface area contributed by atoms with Crippen LogP contribution in [0.5, 0.6) is 0 Å². The van der Waals surface area contributed by atoms with Crippen LogP contribution in [-0.2, 0) is 21.7 Å². The number of aromatic nitrogens is 2.